The summed E-state index contributed by atoms with van der Waals surface area (Å²) in [7, 11) is 1.65. The van der Waals surface area contributed by atoms with Crippen molar-refractivity contribution in [1.29, 1.82) is 0 Å². The van der Waals surface area contributed by atoms with E-state index < -0.39 is 0 Å². The summed E-state index contributed by atoms with van der Waals surface area (Å²) in [5.74, 6) is 1.50. The van der Waals surface area contributed by atoms with Gasteiger partial charge in [0.15, 0.2) is 5.82 Å². The number of nitrogens with zero attached hydrogens (tertiary/aromatic N) is 4. The fourth-order valence-corrected chi connectivity index (χ4v) is 1.67. The number of rotatable bonds is 4. The molecule has 6 heteroatoms. The Morgan fingerprint density at radius 2 is 2.06 bits per heavy atom. The Kier molecular flexibility index (Phi) is 3.34. The van der Waals surface area contributed by atoms with Crippen LogP contribution < -0.4 is 10.5 Å². The topological polar surface area (TPSA) is 78.8 Å². The number of ether oxygens (including phenoxy) is 1. The van der Waals surface area contributed by atoms with Gasteiger partial charge in [0.2, 0.25) is 0 Å². The van der Waals surface area contributed by atoms with E-state index in [-0.39, 0.29) is 6.04 Å². The van der Waals surface area contributed by atoms with Crippen LogP contribution in [0.3, 0.4) is 0 Å². The van der Waals surface area contributed by atoms with Crippen molar-refractivity contribution >= 4 is 0 Å². The summed E-state index contributed by atoms with van der Waals surface area (Å²) in [6, 6.07) is 7.86. The molecule has 0 aliphatic carbocycles. The van der Waals surface area contributed by atoms with Crippen molar-refractivity contribution in [3.05, 3.63) is 35.7 Å². The van der Waals surface area contributed by atoms with Crippen molar-refractivity contribution in [1.82, 2.24) is 20.2 Å². The minimum Gasteiger partial charge on any atom is -0.497 e. The molecule has 0 bridgehead atoms. The van der Waals surface area contributed by atoms with E-state index in [9.17, 15) is 0 Å². The van der Waals surface area contributed by atoms with Crippen molar-refractivity contribution in [3.63, 3.8) is 0 Å². The fourth-order valence-electron chi connectivity index (χ4n) is 1.67. The predicted octanol–water partition coefficient (Wildman–Crippen LogP) is 0.750. The zero-order valence-electron chi connectivity index (χ0n) is 9.87. The first-order chi connectivity index (χ1) is 8.26. The van der Waals surface area contributed by atoms with Gasteiger partial charge in [-0.25, -0.2) is 4.68 Å². The highest BCUT2D eigenvalue weighted by molar-refractivity contribution is 5.29. The van der Waals surface area contributed by atoms with E-state index in [1.807, 2.05) is 31.2 Å². The molecule has 0 radical (unpaired) electrons. The summed E-state index contributed by atoms with van der Waals surface area (Å²) in [5.41, 5.74) is 6.68. The molecule has 0 aliphatic rings. The van der Waals surface area contributed by atoms with Crippen LogP contribution in [-0.2, 0) is 6.54 Å². The van der Waals surface area contributed by atoms with E-state index >= 15 is 0 Å². The Morgan fingerprint density at radius 3 is 2.65 bits per heavy atom. The van der Waals surface area contributed by atoms with Gasteiger partial charge in [-0.2, -0.15) is 0 Å². The number of aromatic nitrogens is 4. The number of tetrazole rings is 1. The largest absolute Gasteiger partial charge is 0.497 e. The average molecular weight is 233 g/mol. The average Bonchev–Trinajstić information content (AvgIpc) is 2.86. The molecule has 2 rings (SSSR count). The van der Waals surface area contributed by atoms with Gasteiger partial charge in [0.25, 0.3) is 0 Å². The molecule has 90 valence electrons. The third-order valence-electron chi connectivity index (χ3n) is 2.71. The van der Waals surface area contributed by atoms with Crippen LogP contribution in [0.4, 0.5) is 0 Å². The van der Waals surface area contributed by atoms with Gasteiger partial charge in [0.05, 0.1) is 19.7 Å². The van der Waals surface area contributed by atoms with Crippen LogP contribution in [0.5, 0.6) is 5.75 Å². The van der Waals surface area contributed by atoms with Gasteiger partial charge >= 0.3 is 0 Å². The second-order valence-corrected chi connectivity index (χ2v) is 3.69. The van der Waals surface area contributed by atoms with Gasteiger partial charge in [0, 0.05) is 0 Å². The van der Waals surface area contributed by atoms with Crippen molar-refractivity contribution in [3.8, 4) is 5.75 Å². The van der Waals surface area contributed by atoms with Crippen LogP contribution in [0, 0.1) is 0 Å². The molecular formula is C11H15N5O. The van der Waals surface area contributed by atoms with Gasteiger partial charge in [0.1, 0.15) is 5.75 Å². The third kappa shape index (κ3) is 2.26. The van der Waals surface area contributed by atoms with Crippen LogP contribution in [0.15, 0.2) is 24.3 Å². The number of benzene rings is 1. The molecule has 0 aliphatic heterocycles. The second-order valence-electron chi connectivity index (χ2n) is 3.69. The molecule has 1 aromatic carbocycles. The minimum atomic E-state index is 0.0504. The molecule has 1 aromatic heterocycles. The lowest BCUT2D eigenvalue weighted by atomic mass is 10.1. The molecule has 0 saturated carbocycles. The Morgan fingerprint density at radius 1 is 1.35 bits per heavy atom. The van der Waals surface area contributed by atoms with Crippen LogP contribution >= 0.6 is 0 Å². The molecule has 0 spiro atoms. The minimum absolute atomic E-state index is 0.0504. The molecule has 1 unspecified atom stereocenters. The zero-order valence-corrected chi connectivity index (χ0v) is 9.87. The molecule has 17 heavy (non-hydrogen) atoms. The fraction of sp³-hybridized carbons (Fsp3) is 0.364. The highest BCUT2D eigenvalue weighted by Crippen LogP contribution is 2.20. The molecule has 2 aromatic rings. The molecule has 0 saturated heterocycles. The summed E-state index contributed by atoms with van der Waals surface area (Å²) in [6.45, 7) is 2.35. The number of nitrogens with two attached hydrogens (primary N) is 1. The predicted molar refractivity (Wildman–Crippen MR) is 62.5 cm³/mol. The van der Waals surface area contributed by atoms with Crippen LogP contribution in [0.25, 0.3) is 0 Å². The third-order valence-corrected chi connectivity index (χ3v) is 2.71. The van der Waals surface area contributed by atoms with E-state index in [0.717, 1.165) is 11.3 Å². The first-order valence-corrected chi connectivity index (χ1v) is 5.37. The Labute approximate surface area is 99.4 Å². The Balaban J connectivity index is 2.27. The Bertz CT molecular complexity index is 479. The zero-order chi connectivity index (χ0) is 12.3. The van der Waals surface area contributed by atoms with Crippen LogP contribution in [-0.4, -0.2) is 27.3 Å². The molecule has 6 nitrogen and oxygen atoms in total. The number of hydrogen-bond acceptors (Lipinski definition) is 5. The van der Waals surface area contributed by atoms with Crippen molar-refractivity contribution in [2.75, 3.05) is 7.11 Å². The SMILES string of the molecule is COc1ccc(C(C)n2nnnc2CN)cc1. The van der Waals surface area contributed by atoms with Crippen LogP contribution in [0.2, 0.25) is 0 Å². The molecule has 0 fully saturated rings. The van der Waals surface area contributed by atoms with E-state index in [4.69, 9.17) is 10.5 Å². The number of methoxy groups -OCH3 is 1. The lowest BCUT2D eigenvalue weighted by molar-refractivity contribution is 0.414. The maximum atomic E-state index is 5.57. The quantitative estimate of drug-likeness (QED) is 0.843. The van der Waals surface area contributed by atoms with Crippen molar-refractivity contribution in [2.45, 2.75) is 19.5 Å². The van der Waals surface area contributed by atoms with E-state index in [2.05, 4.69) is 15.5 Å². The Hall–Kier alpha value is -1.95. The lowest BCUT2D eigenvalue weighted by Crippen LogP contribution is -2.15. The second kappa shape index (κ2) is 4.92. The maximum absolute atomic E-state index is 5.57. The monoisotopic (exact) mass is 233 g/mol. The van der Waals surface area contributed by atoms with E-state index in [0.29, 0.717) is 12.4 Å². The summed E-state index contributed by atoms with van der Waals surface area (Å²) in [6.07, 6.45) is 0. The summed E-state index contributed by atoms with van der Waals surface area (Å²) in [5, 5.41) is 11.4. The summed E-state index contributed by atoms with van der Waals surface area (Å²) in [4.78, 5) is 0. The van der Waals surface area contributed by atoms with Crippen molar-refractivity contribution in [2.24, 2.45) is 5.73 Å². The van der Waals surface area contributed by atoms with Gasteiger partial charge < -0.3 is 10.5 Å². The molecule has 1 atom stereocenters. The van der Waals surface area contributed by atoms with E-state index in [1.165, 1.54) is 0 Å². The highest BCUT2D eigenvalue weighted by atomic mass is 16.5. The standard InChI is InChI=1S/C11H15N5O/c1-8(16-11(7-12)13-14-15-16)9-3-5-10(17-2)6-4-9/h3-6,8H,7,12H2,1-2H3. The van der Waals surface area contributed by atoms with Gasteiger partial charge in [-0.05, 0) is 35.0 Å². The van der Waals surface area contributed by atoms with E-state index in [1.54, 1.807) is 11.8 Å². The van der Waals surface area contributed by atoms with Crippen molar-refractivity contribution < 1.29 is 4.74 Å². The van der Waals surface area contributed by atoms with Gasteiger partial charge in [-0.15, -0.1) is 5.10 Å². The van der Waals surface area contributed by atoms with Gasteiger partial charge in [-0.1, -0.05) is 12.1 Å². The van der Waals surface area contributed by atoms with Gasteiger partial charge in [-0.3, -0.25) is 0 Å². The normalized spacial score (nSPS) is 12.4. The molecule has 1 heterocycles. The molecule has 0 amide bonds. The summed E-state index contributed by atoms with van der Waals surface area (Å²) < 4.78 is 6.84. The smallest absolute Gasteiger partial charge is 0.165 e. The lowest BCUT2D eigenvalue weighted by Gasteiger charge is -2.13. The first kappa shape index (κ1) is 11.5. The number of hydrogen-bond donors (Lipinski definition) is 1. The first-order valence-electron chi connectivity index (χ1n) is 5.37. The highest BCUT2D eigenvalue weighted by Gasteiger charge is 2.13. The van der Waals surface area contributed by atoms with Crippen LogP contribution in [0.1, 0.15) is 24.4 Å². The molecule has 2 N–H and O–H groups in total. The summed E-state index contributed by atoms with van der Waals surface area (Å²) >= 11 is 0. The maximum Gasteiger partial charge on any atom is 0.165 e. The molecular weight excluding hydrogens is 218 g/mol.